The van der Waals surface area contributed by atoms with Gasteiger partial charge in [-0.2, -0.15) is 0 Å². The fraction of sp³-hybridized carbons (Fsp3) is 0.167. The van der Waals surface area contributed by atoms with E-state index < -0.39 is 11.9 Å². The zero-order valence-electron chi connectivity index (χ0n) is 9.14. The summed E-state index contributed by atoms with van der Waals surface area (Å²) < 4.78 is 13.0. The quantitative estimate of drug-likeness (QED) is 0.857. The number of hydrogen-bond donors (Lipinski definition) is 2. The second kappa shape index (κ2) is 4.37. The van der Waals surface area contributed by atoms with Crippen molar-refractivity contribution in [3.63, 3.8) is 0 Å². The molecule has 0 aliphatic rings. The van der Waals surface area contributed by atoms with E-state index in [2.05, 4.69) is 9.97 Å². The number of carbonyl (C=O) groups is 1. The van der Waals surface area contributed by atoms with Crippen LogP contribution in [0.5, 0.6) is 0 Å². The third-order valence-corrected chi connectivity index (χ3v) is 2.51. The molecule has 0 bridgehead atoms. The van der Waals surface area contributed by atoms with Gasteiger partial charge in [0, 0.05) is 5.56 Å². The van der Waals surface area contributed by atoms with Crippen LogP contribution in [0, 0.1) is 5.82 Å². The third kappa shape index (κ3) is 2.33. The topological polar surface area (TPSA) is 66.0 Å². The fourth-order valence-electron chi connectivity index (χ4n) is 1.48. The molecule has 1 atom stereocenters. The van der Waals surface area contributed by atoms with Crippen molar-refractivity contribution in [1.82, 2.24) is 9.97 Å². The Hall–Kier alpha value is -2.17. The van der Waals surface area contributed by atoms with E-state index in [-0.39, 0.29) is 5.82 Å². The first kappa shape index (κ1) is 11.3. The van der Waals surface area contributed by atoms with Gasteiger partial charge in [-0.3, -0.25) is 4.79 Å². The Morgan fingerprint density at radius 1 is 1.53 bits per heavy atom. The molecule has 4 nitrogen and oxygen atoms in total. The van der Waals surface area contributed by atoms with Gasteiger partial charge in [-0.05, 0) is 19.1 Å². The number of nitrogens with zero attached hydrogens (tertiary/aromatic N) is 1. The Bertz CT molecular complexity index is 551. The summed E-state index contributed by atoms with van der Waals surface area (Å²) >= 11 is 0. The highest BCUT2D eigenvalue weighted by atomic mass is 19.1. The van der Waals surface area contributed by atoms with E-state index in [9.17, 15) is 9.18 Å². The lowest BCUT2D eigenvalue weighted by Gasteiger charge is -2.01. The molecular formula is C12H11FN2O2. The van der Waals surface area contributed by atoms with Crippen LogP contribution in [-0.2, 0) is 4.79 Å². The van der Waals surface area contributed by atoms with Gasteiger partial charge >= 0.3 is 5.97 Å². The Morgan fingerprint density at radius 3 is 2.94 bits per heavy atom. The van der Waals surface area contributed by atoms with Gasteiger partial charge < -0.3 is 10.1 Å². The fourth-order valence-corrected chi connectivity index (χ4v) is 1.48. The van der Waals surface area contributed by atoms with E-state index in [1.807, 2.05) is 0 Å². The van der Waals surface area contributed by atoms with E-state index >= 15 is 0 Å². The molecule has 1 aromatic carbocycles. The Morgan fingerprint density at radius 2 is 2.29 bits per heavy atom. The Balaban J connectivity index is 2.33. The summed E-state index contributed by atoms with van der Waals surface area (Å²) in [5, 5.41) is 8.84. The zero-order chi connectivity index (χ0) is 12.4. The summed E-state index contributed by atoms with van der Waals surface area (Å²) in [6.07, 6.45) is 1.50. The number of imidazole rings is 1. The number of carboxylic acid groups (broad SMARTS) is 1. The minimum atomic E-state index is -0.954. The zero-order valence-corrected chi connectivity index (χ0v) is 9.14. The van der Waals surface area contributed by atoms with Crippen LogP contribution < -0.4 is 0 Å². The van der Waals surface area contributed by atoms with Crippen LogP contribution in [-0.4, -0.2) is 21.0 Å². The molecule has 2 aromatic rings. The molecule has 0 spiro atoms. The summed E-state index contributed by atoms with van der Waals surface area (Å²) in [4.78, 5) is 17.6. The van der Waals surface area contributed by atoms with Crippen LogP contribution in [0.4, 0.5) is 4.39 Å². The molecule has 0 saturated carbocycles. The van der Waals surface area contributed by atoms with Crippen molar-refractivity contribution in [1.29, 1.82) is 0 Å². The molecule has 0 radical (unpaired) electrons. The van der Waals surface area contributed by atoms with Crippen molar-refractivity contribution in [2.75, 3.05) is 0 Å². The van der Waals surface area contributed by atoms with Crippen molar-refractivity contribution in [2.45, 2.75) is 12.8 Å². The molecule has 0 saturated heterocycles. The number of benzene rings is 1. The van der Waals surface area contributed by atoms with Crippen LogP contribution in [0.3, 0.4) is 0 Å². The van der Waals surface area contributed by atoms with Gasteiger partial charge in [0.2, 0.25) is 0 Å². The van der Waals surface area contributed by atoms with E-state index in [0.29, 0.717) is 17.1 Å². The highest BCUT2D eigenvalue weighted by molar-refractivity contribution is 5.74. The van der Waals surface area contributed by atoms with Gasteiger partial charge in [-0.1, -0.05) is 12.1 Å². The van der Waals surface area contributed by atoms with Crippen molar-refractivity contribution >= 4 is 5.97 Å². The number of H-pyrrole nitrogens is 1. The lowest BCUT2D eigenvalue weighted by Crippen LogP contribution is -2.08. The van der Waals surface area contributed by atoms with Crippen LogP contribution in [0.25, 0.3) is 11.3 Å². The van der Waals surface area contributed by atoms with E-state index in [4.69, 9.17) is 5.11 Å². The van der Waals surface area contributed by atoms with Crippen molar-refractivity contribution < 1.29 is 14.3 Å². The van der Waals surface area contributed by atoms with Crippen molar-refractivity contribution in [2.24, 2.45) is 0 Å². The highest BCUT2D eigenvalue weighted by Gasteiger charge is 2.17. The predicted octanol–water partition coefficient (Wildman–Crippen LogP) is 2.40. The third-order valence-electron chi connectivity index (χ3n) is 2.51. The Kier molecular flexibility index (Phi) is 2.91. The van der Waals surface area contributed by atoms with Crippen LogP contribution >= 0.6 is 0 Å². The van der Waals surface area contributed by atoms with E-state index in [1.54, 1.807) is 12.1 Å². The smallest absolute Gasteiger partial charge is 0.313 e. The van der Waals surface area contributed by atoms with E-state index in [1.165, 1.54) is 25.3 Å². The summed E-state index contributed by atoms with van der Waals surface area (Å²) in [6.45, 7) is 1.54. The number of carboxylic acids is 1. The number of halogens is 1. The monoisotopic (exact) mass is 234 g/mol. The summed E-state index contributed by atoms with van der Waals surface area (Å²) in [7, 11) is 0. The first-order chi connectivity index (χ1) is 8.08. The lowest BCUT2D eigenvalue weighted by atomic mass is 10.1. The molecule has 1 heterocycles. The predicted molar refractivity (Wildman–Crippen MR) is 60.0 cm³/mol. The normalized spacial score (nSPS) is 12.4. The summed E-state index contributed by atoms with van der Waals surface area (Å²) in [5.74, 6) is -1.65. The molecule has 2 rings (SSSR count). The molecule has 1 unspecified atom stereocenters. The maximum absolute atomic E-state index is 13.0. The van der Waals surface area contributed by atoms with Crippen LogP contribution in [0.2, 0.25) is 0 Å². The maximum atomic E-state index is 13.0. The minimum Gasteiger partial charge on any atom is -0.481 e. The molecule has 0 amide bonds. The number of nitrogens with one attached hydrogen (secondary N) is 1. The van der Waals surface area contributed by atoms with Gasteiger partial charge in [0.05, 0.1) is 11.9 Å². The molecule has 0 fully saturated rings. The van der Waals surface area contributed by atoms with Crippen molar-refractivity contribution in [3.05, 3.63) is 42.1 Å². The lowest BCUT2D eigenvalue weighted by molar-refractivity contribution is -0.138. The SMILES string of the molecule is CC(C(=O)O)c1ncc(-c2cccc(F)c2)[nH]1. The summed E-state index contributed by atoms with van der Waals surface area (Å²) in [5.41, 5.74) is 1.24. The van der Waals surface area contributed by atoms with Crippen LogP contribution in [0.1, 0.15) is 18.7 Å². The first-order valence-corrected chi connectivity index (χ1v) is 5.11. The molecule has 0 aliphatic carbocycles. The van der Waals surface area contributed by atoms with Gasteiger partial charge in [-0.15, -0.1) is 0 Å². The van der Waals surface area contributed by atoms with Crippen LogP contribution in [0.15, 0.2) is 30.5 Å². The second-order valence-electron chi connectivity index (χ2n) is 3.75. The van der Waals surface area contributed by atoms with Gasteiger partial charge in [0.15, 0.2) is 0 Å². The minimum absolute atomic E-state index is 0.343. The van der Waals surface area contributed by atoms with Crippen molar-refractivity contribution in [3.8, 4) is 11.3 Å². The molecule has 2 N–H and O–H groups in total. The maximum Gasteiger partial charge on any atom is 0.313 e. The average Bonchev–Trinajstić information content (AvgIpc) is 2.77. The standard InChI is InChI=1S/C12H11FN2O2/c1-7(12(16)17)11-14-6-10(15-11)8-3-2-4-9(13)5-8/h2-7H,1H3,(H,14,15)(H,16,17). The highest BCUT2D eigenvalue weighted by Crippen LogP contribution is 2.20. The van der Waals surface area contributed by atoms with Gasteiger partial charge in [0.25, 0.3) is 0 Å². The molecule has 0 aliphatic heterocycles. The average molecular weight is 234 g/mol. The largest absolute Gasteiger partial charge is 0.481 e. The summed E-state index contributed by atoms with van der Waals surface area (Å²) in [6, 6.07) is 6.03. The molecule has 5 heteroatoms. The Labute approximate surface area is 97.1 Å². The number of hydrogen-bond acceptors (Lipinski definition) is 2. The molecule has 1 aromatic heterocycles. The molecular weight excluding hydrogens is 223 g/mol. The number of aromatic amines is 1. The number of aromatic nitrogens is 2. The second-order valence-corrected chi connectivity index (χ2v) is 3.75. The van der Waals surface area contributed by atoms with Gasteiger partial charge in [-0.25, -0.2) is 9.37 Å². The van der Waals surface area contributed by atoms with Gasteiger partial charge in [0.1, 0.15) is 17.6 Å². The number of rotatable bonds is 3. The number of aliphatic carboxylic acids is 1. The van der Waals surface area contributed by atoms with E-state index in [0.717, 1.165) is 0 Å². The molecule has 17 heavy (non-hydrogen) atoms. The molecule has 88 valence electrons. The first-order valence-electron chi connectivity index (χ1n) is 5.11.